The number of esters is 1. The quantitative estimate of drug-likeness (QED) is 0.0308. The fourth-order valence-electron chi connectivity index (χ4n) is 18.5. The molecule has 5 aliphatic heterocycles. The molecule has 0 aromatic carbocycles. The van der Waals surface area contributed by atoms with Crippen LogP contribution in [0.1, 0.15) is 114 Å². The van der Waals surface area contributed by atoms with E-state index in [0.29, 0.717) is 31.3 Å². The first-order valence-electron chi connectivity index (χ1n) is 32.9. The number of hydrogen-bond donors (Lipinski definition) is 17. The highest BCUT2D eigenvalue weighted by atomic mass is 16.8. The van der Waals surface area contributed by atoms with Crippen LogP contribution in [0.15, 0.2) is 23.3 Å². The lowest BCUT2D eigenvalue weighted by molar-refractivity contribution is -0.400. The van der Waals surface area contributed by atoms with Gasteiger partial charge in [-0.15, -0.1) is 0 Å². The fourth-order valence-corrected chi connectivity index (χ4v) is 18.5. The molecule has 5 saturated heterocycles. The van der Waals surface area contributed by atoms with Crippen LogP contribution in [0.25, 0.3) is 0 Å². The summed E-state index contributed by atoms with van der Waals surface area (Å²) in [5.41, 5.74) is -4.01. The van der Waals surface area contributed by atoms with Crippen LogP contribution >= 0.6 is 0 Å². The second kappa shape index (κ2) is 27.4. The van der Waals surface area contributed by atoms with Gasteiger partial charge < -0.3 is 139 Å². The normalized spacial score (nSPS) is 52.6. The Kier molecular flexibility index (Phi) is 21.6. The van der Waals surface area contributed by atoms with Crippen molar-refractivity contribution in [1.82, 2.24) is 0 Å². The molecule has 10 aliphatic rings. The monoisotopic (exact) mass is 1350 g/mol. The van der Waals surface area contributed by atoms with E-state index in [9.17, 15) is 96.4 Å². The van der Waals surface area contributed by atoms with E-state index in [0.717, 1.165) is 5.57 Å². The molecule has 5 heterocycles. The second-order valence-corrected chi connectivity index (χ2v) is 30.3. The number of fused-ring (bicyclic) bond motifs is 7. The van der Waals surface area contributed by atoms with Crippen LogP contribution in [0.3, 0.4) is 0 Å². The predicted octanol–water partition coefficient (Wildman–Crippen LogP) is -3.55. The van der Waals surface area contributed by atoms with Crippen LogP contribution in [-0.2, 0) is 61.7 Å². The Balaban J connectivity index is 0.968. The summed E-state index contributed by atoms with van der Waals surface area (Å²) in [7, 11) is 0. The molecule has 35 atom stereocenters. The number of carbonyl (C=O) groups is 2. The van der Waals surface area contributed by atoms with Gasteiger partial charge in [-0.25, -0.2) is 9.59 Å². The molecule has 0 aromatic rings. The van der Waals surface area contributed by atoms with Gasteiger partial charge >= 0.3 is 11.9 Å². The summed E-state index contributed by atoms with van der Waals surface area (Å²) in [6.45, 7) is 16.3. The van der Waals surface area contributed by atoms with Gasteiger partial charge in [0.2, 0.25) is 0 Å². The molecular weight excluding hydrogens is 1250 g/mol. The highest BCUT2D eigenvalue weighted by Crippen LogP contribution is 2.76. The Bertz CT molecular complexity index is 2730. The lowest BCUT2D eigenvalue weighted by atomic mass is 9.33. The van der Waals surface area contributed by atoms with Crippen molar-refractivity contribution < 1.29 is 149 Å². The number of carboxylic acids is 1. The number of carbonyl (C=O) groups excluding carboxylic acids is 1. The maximum absolute atomic E-state index is 13.6. The van der Waals surface area contributed by atoms with E-state index < -0.39 is 249 Å². The molecule has 4 saturated carbocycles. The van der Waals surface area contributed by atoms with Crippen molar-refractivity contribution in [2.24, 2.45) is 50.2 Å². The van der Waals surface area contributed by atoms with E-state index in [-0.39, 0.29) is 31.1 Å². The topological polar surface area (TPSA) is 480 Å². The molecule has 94 heavy (non-hydrogen) atoms. The summed E-state index contributed by atoms with van der Waals surface area (Å²) in [5.74, 6) is -3.31. The van der Waals surface area contributed by atoms with Gasteiger partial charge in [0, 0.05) is 11.0 Å². The Morgan fingerprint density at radius 2 is 1.19 bits per heavy atom. The molecule has 538 valence electrons. The molecule has 0 bridgehead atoms. The maximum atomic E-state index is 13.6. The van der Waals surface area contributed by atoms with Gasteiger partial charge in [-0.2, -0.15) is 0 Å². The molecule has 5 aliphatic carbocycles. The van der Waals surface area contributed by atoms with Crippen molar-refractivity contribution in [1.29, 1.82) is 0 Å². The largest absolute Gasteiger partial charge is 0.479 e. The van der Waals surface area contributed by atoms with E-state index in [1.54, 1.807) is 19.9 Å². The molecule has 0 radical (unpaired) electrons. The van der Waals surface area contributed by atoms with Gasteiger partial charge in [0.1, 0.15) is 116 Å². The Hall–Kier alpha value is -2.62. The third kappa shape index (κ3) is 12.3. The highest BCUT2D eigenvalue weighted by molar-refractivity contribution is 5.87. The molecule has 0 aromatic heterocycles. The average molecular weight is 1350 g/mol. The van der Waals surface area contributed by atoms with E-state index in [1.165, 1.54) is 6.92 Å². The van der Waals surface area contributed by atoms with Gasteiger partial charge in [-0.1, -0.05) is 66.2 Å². The molecule has 9 fully saturated rings. The number of rotatable bonds is 16. The molecule has 17 N–H and O–H groups in total. The van der Waals surface area contributed by atoms with Crippen molar-refractivity contribution in [3.8, 4) is 0 Å². The lowest BCUT2D eigenvalue weighted by Gasteiger charge is -2.72. The van der Waals surface area contributed by atoms with E-state index in [4.69, 9.17) is 52.1 Å². The molecular formula is C64H102O30. The number of aliphatic carboxylic acids is 1. The SMILES string of the molecule is C/C=C(\C)C(=O)O[C@H]1[C@H](O)[C@]2(CO[C@@H]3O[C@H](CO)[C@@H](O)[C@H](O)[C@H]3O)[C@H](O)C[C@]3(C)C(=CC[C@@H]4[C@@]5(C)CC[C@H](O[C@@H]6O[C@H](C(=O)O)[C@@H](O)[C@H](O[C@@H]7OC[C@H](O)[C@H](O)[C@H]7OC7OC(C)C(O)C(O)C7O)[C@H]6O[C@@H]6O[C@H](CO)[C@H](O)[C@H](O)[C@H]6O)C(C)(C)[C@@H]5CC[C@]43C)[C@@H]2CC1(C)C. The first-order chi connectivity index (χ1) is 43.9. The van der Waals surface area contributed by atoms with Crippen LogP contribution in [0.2, 0.25) is 0 Å². The molecule has 30 nitrogen and oxygen atoms in total. The van der Waals surface area contributed by atoms with Crippen LogP contribution in [0, 0.1) is 50.2 Å². The zero-order chi connectivity index (χ0) is 69.2. The smallest absolute Gasteiger partial charge is 0.335 e. The van der Waals surface area contributed by atoms with E-state index >= 15 is 0 Å². The number of ether oxygens (including phenoxy) is 11. The number of carboxylic acid groups (broad SMARTS) is 1. The minimum atomic E-state index is -2.24. The third-order valence-electron chi connectivity index (χ3n) is 24.4. The molecule has 0 spiro atoms. The zero-order valence-corrected chi connectivity index (χ0v) is 54.7. The third-order valence-corrected chi connectivity index (χ3v) is 24.4. The van der Waals surface area contributed by atoms with Gasteiger partial charge in [0.05, 0.1) is 50.2 Å². The Labute approximate surface area is 544 Å². The van der Waals surface area contributed by atoms with Gasteiger partial charge in [-0.05, 0) is 105 Å². The van der Waals surface area contributed by atoms with Crippen molar-refractivity contribution >= 4 is 11.9 Å². The highest BCUT2D eigenvalue weighted by Gasteiger charge is 2.74. The summed E-state index contributed by atoms with van der Waals surface area (Å²) in [4.78, 5) is 26.8. The maximum Gasteiger partial charge on any atom is 0.335 e. The van der Waals surface area contributed by atoms with E-state index in [1.807, 2.05) is 27.7 Å². The standard InChI is InChI=1S/C64H102O30/c1-11-24(2)53(83)94-51-50(80)64(23-85-54-42(76)40(74)37(71)29(20-65)87-54)27(18-59(51,4)5)26-12-13-32-61(8)16-15-34(60(6,7)31(61)14-17-62(32,9)63(26,10)19-33(64)68)89-58-49(93-56-44(78)41(75)38(72)30(21-66)88-56)46(45(79)47(91-58)52(81)82)90-57-48(36(70)28(67)22-84-57)92-55-43(77)39(73)35(69)25(3)86-55/h11-12,25,27-51,54-58,65-80H,13-23H2,1-10H3,(H,81,82)/b24-11+/t25?,27-,28-,29+,30+,31-,32+,33+,34-,35?,36-,37+,38-,39?,40-,41-,42+,43?,44+,45-,46-,47-,48+,49+,50-,51-,54+,55?,56-,57-,58+,61-,62+,63+,64-/m0/s1. The Morgan fingerprint density at radius 1 is 0.617 bits per heavy atom. The first-order valence-corrected chi connectivity index (χ1v) is 32.9. The predicted molar refractivity (Wildman–Crippen MR) is 316 cm³/mol. The fraction of sp³-hybridized carbons (Fsp3) is 0.906. The minimum absolute atomic E-state index is 0.0814. The van der Waals surface area contributed by atoms with Crippen molar-refractivity contribution in [2.45, 2.75) is 286 Å². The lowest BCUT2D eigenvalue weighted by Crippen LogP contribution is -2.72. The number of hydrogen-bond acceptors (Lipinski definition) is 29. The molecule has 5 unspecified atom stereocenters. The van der Waals surface area contributed by atoms with Crippen LogP contribution in [0.5, 0.6) is 0 Å². The van der Waals surface area contributed by atoms with Crippen molar-refractivity contribution in [2.75, 3.05) is 26.4 Å². The summed E-state index contributed by atoms with van der Waals surface area (Å²) < 4.78 is 67.4. The van der Waals surface area contributed by atoms with Gasteiger partial charge in [0.25, 0.3) is 0 Å². The van der Waals surface area contributed by atoms with Crippen LogP contribution in [-0.4, -0.2) is 297 Å². The minimum Gasteiger partial charge on any atom is -0.479 e. The molecule has 10 rings (SSSR count). The van der Waals surface area contributed by atoms with Crippen molar-refractivity contribution in [3.63, 3.8) is 0 Å². The number of allylic oxidation sites excluding steroid dienone is 3. The Morgan fingerprint density at radius 3 is 1.80 bits per heavy atom. The molecule has 30 heteroatoms. The van der Waals surface area contributed by atoms with Gasteiger partial charge in [0.15, 0.2) is 37.6 Å². The van der Waals surface area contributed by atoms with Crippen molar-refractivity contribution in [3.05, 3.63) is 23.3 Å². The zero-order valence-electron chi connectivity index (χ0n) is 54.7. The summed E-state index contributed by atoms with van der Waals surface area (Å²) in [6.07, 6.45) is -42.0. The average Bonchev–Trinajstić information content (AvgIpc) is 0.670. The number of aliphatic hydroxyl groups is 16. The first kappa shape index (κ1) is 74.1. The molecule has 0 amide bonds. The van der Waals surface area contributed by atoms with Crippen LogP contribution in [0.4, 0.5) is 0 Å². The summed E-state index contributed by atoms with van der Waals surface area (Å²) >= 11 is 0. The summed E-state index contributed by atoms with van der Waals surface area (Å²) in [5, 5.41) is 189. The van der Waals surface area contributed by atoms with E-state index in [2.05, 4.69) is 26.8 Å². The van der Waals surface area contributed by atoms with Gasteiger partial charge in [-0.3, -0.25) is 0 Å². The van der Waals surface area contributed by atoms with Crippen LogP contribution < -0.4 is 0 Å². The second-order valence-electron chi connectivity index (χ2n) is 30.3. The summed E-state index contributed by atoms with van der Waals surface area (Å²) in [6, 6.07) is 0. The number of aliphatic hydroxyl groups excluding tert-OH is 16.